The van der Waals surface area contributed by atoms with Gasteiger partial charge in [-0.15, -0.1) is 0 Å². The van der Waals surface area contributed by atoms with Crippen LogP contribution in [-0.4, -0.2) is 14.3 Å². The van der Waals surface area contributed by atoms with E-state index in [9.17, 15) is 17.6 Å². The van der Waals surface area contributed by atoms with Crippen molar-refractivity contribution in [3.63, 3.8) is 0 Å². The highest BCUT2D eigenvalue weighted by Gasteiger charge is 2.14. The molecular formula is C24H25FN2O3S. The predicted octanol–water partition coefficient (Wildman–Crippen LogP) is 4.11. The average Bonchev–Trinajstić information content (AvgIpc) is 2.78. The lowest BCUT2D eigenvalue weighted by molar-refractivity contribution is -0.121. The van der Waals surface area contributed by atoms with Gasteiger partial charge < -0.3 is 5.32 Å². The second-order valence-electron chi connectivity index (χ2n) is 7.29. The molecule has 0 aliphatic carbocycles. The minimum atomic E-state index is -3.61. The maximum atomic E-state index is 13.0. The van der Waals surface area contributed by atoms with Gasteiger partial charge in [0.15, 0.2) is 0 Å². The number of rotatable bonds is 9. The third kappa shape index (κ3) is 6.73. The lowest BCUT2D eigenvalue weighted by Gasteiger charge is -2.14. The van der Waals surface area contributed by atoms with Crippen LogP contribution in [0.3, 0.4) is 0 Å². The van der Waals surface area contributed by atoms with Crippen LogP contribution in [0.2, 0.25) is 0 Å². The number of hydrogen-bond acceptors (Lipinski definition) is 3. The Morgan fingerprint density at radius 2 is 1.55 bits per heavy atom. The highest BCUT2D eigenvalue weighted by atomic mass is 32.2. The zero-order valence-electron chi connectivity index (χ0n) is 17.2. The van der Waals surface area contributed by atoms with Crippen molar-refractivity contribution in [1.82, 2.24) is 10.0 Å². The first-order chi connectivity index (χ1) is 14.8. The number of sulfonamides is 1. The predicted molar refractivity (Wildman–Crippen MR) is 118 cm³/mol. The normalized spacial score (nSPS) is 12.3. The summed E-state index contributed by atoms with van der Waals surface area (Å²) in [5, 5.41) is 2.89. The summed E-state index contributed by atoms with van der Waals surface area (Å²) in [4.78, 5) is 12.4. The van der Waals surface area contributed by atoms with Gasteiger partial charge in [-0.25, -0.2) is 17.5 Å². The van der Waals surface area contributed by atoms with Crippen molar-refractivity contribution in [3.8, 4) is 0 Å². The zero-order chi connectivity index (χ0) is 22.3. The van der Waals surface area contributed by atoms with E-state index in [0.717, 1.165) is 16.7 Å². The summed E-state index contributed by atoms with van der Waals surface area (Å²) in [6, 6.07) is 21.6. The molecule has 0 aromatic heterocycles. The fourth-order valence-electron chi connectivity index (χ4n) is 3.10. The van der Waals surface area contributed by atoms with E-state index in [1.165, 1.54) is 12.1 Å². The van der Waals surface area contributed by atoms with Gasteiger partial charge in [-0.2, -0.15) is 0 Å². The average molecular weight is 441 g/mol. The third-order valence-electron chi connectivity index (χ3n) is 4.93. The van der Waals surface area contributed by atoms with Crippen LogP contribution >= 0.6 is 0 Å². The third-order valence-corrected chi connectivity index (χ3v) is 6.35. The number of halogens is 1. The van der Waals surface area contributed by atoms with Crippen LogP contribution < -0.4 is 10.0 Å². The molecule has 3 aromatic carbocycles. The Morgan fingerprint density at radius 3 is 2.19 bits per heavy atom. The lowest BCUT2D eigenvalue weighted by Crippen LogP contribution is -2.26. The largest absolute Gasteiger partial charge is 0.350 e. The van der Waals surface area contributed by atoms with Gasteiger partial charge in [0.1, 0.15) is 5.82 Å². The summed E-state index contributed by atoms with van der Waals surface area (Å²) in [5.41, 5.74) is 2.57. The molecule has 2 N–H and O–H groups in total. The molecule has 3 aromatic rings. The minimum absolute atomic E-state index is 0.127. The van der Waals surface area contributed by atoms with Crippen molar-refractivity contribution in [3.05, 3.63) is 101 Å². The highest BCUT2D eigenvalue weighted by molar-refractivity contribution is 7.89. The summed E-state index contributed by atoms with van der Waals surface area (Å²) in [6.07, 6.45) is 0.754. The molecule has 162 valence electrons. The van der Waals surface area contributed by atoms with E-state index in [2.05, 4.69) is 10.0 Å². The molecule has 0 radical (unpaired) electrons. The Balaban J connectivity index is 1.50. The number of carbonyl (C=O) groups excluding carboxylic acids is 1. The fourth-order valence-corrected chi connectivity index (χ4v) is 4.12. The first-order valence-corrected chi connectivity index (χ1v) is 11.5. The van der Waals surface area contributed by atoms with E-state index in [1.807, 2.05) is 37.3 Å². The van der Waals surface area contributed by atoms with Crippen LogP contribution in [0.4, 0.5) is 4.39 Å². The monoisotopic (exact) mass is 440 g/mol. The first-order valence-electron chi connectivity index (χ1n) is 10.0. The van der Waals surface area contributed by atoms with Gasteiger partial charge in [-0.05, 0) is 54.3 Å². The maximum Gasteiger partial charge on any atom is 0.240 e. The number of hydrogen-bond donors (Lipinski definition) is 2. The van der Waals surface area contributed by atoms with E-state index in [4.69, 9.17) is 0 Å². The topological polar surface area (TPSA) is 75.3 Å². The SMILES string of the molecule is C[C@@H](NC(=O)CCc1ccc(S(=O)(=O)NCc2ccccc2)cc1)c1ccc(F)cc1. The molecule has 5 nitrogen and oxygen atoms in total. The molecule has 3 rings (SSSR count). The zero-order valence-corrected chi connectivity index (χ0v) is 18.0. The van der Waals surface area contributed by atoms with Crippen LogP contribution in [0.1, 0.15) is 36.1 Å². The van der Waals surface area contributed by atoms with Gasteiger partial charge in [0.05, 0.1) is 10.9 Å². The minimum Gasteiger partial charge on any atom is -0.350 e. The molecule has 31 heavy (non-hydrogen) atoms. The van der Waals surface area contributed by atoms with E-state index in [0.29, 0.717) is 6.42 Å². The number of carbonyl (C=O) groups is 1. The van der Waals surface area contributed by atoms with Gasteiger partial charge in [0.25, 0.3) is 0 Å². The Morgan fingerprint density at radius 1 is 0.903 bits per heavy atom. The molecule has 0 unspecified atom stereocenters. The maximum absolute atomic E-state index is 13.0. The van der Waals surface area contributed by atoms with Crippen molar-refractivity contribution in [1.29, 1.82) is 0 Å². The Kier molecular flexibility index (Phi) is 7.55. The van der Waals surface area contributed by atoms with E-state index in [-0.39, 0.29) is 35.6 Å². The molecule has 0 saturated heterocycles. The Hall–Kier alpha value is -3.03. The van der Waals surface area contributed by atoms with Crippen LogP contribution in [0.5, 0.6) is 0 Å². The van der Waals surface area contributed by atoms with Crippen LogP contribution in [-0.2, 0) is 27.8 Å². The molecule has 0 aliphatic heterocycles. The van der Waals surface area contributed by atoms with Crippen molar-refractivity contribution in [2.24, 2.45) is 0 Å². The van der Waals surface area contributed by atoms with E-state index < -0.39 is 10.0 Å². The van der Waals surface area contributed by atoms with Crippen molar-refractivity contribution >= 4 is 15.9 Å². The molecule has 0 fully saturated rings. The second-order valence-corrected chi connectivity index (χ2v) is 9.06. The quantitative estimate of drug-likeness (QED) is 0.526. The molecule has 0 spiro atoms. The highest BCUT2D eigenvalue weighted by Crippen LogP contribution is 2.15. The molecule has 0 bridgehead atoms. The van der Waals surface area contributed by atoms with Crippen molar-refractivity contribution < 1.29 is 17.6 Å². The second kappa shape index (κ2) is 10.3. The van der Waals surface area contributed by atoms with E-state index >= 15 is 0 Å². The summed E-state index contributed by atoms with van der Waals surface area (Å²) in [7, 11) is -3.61. The van der Waals surface area contributed by atoms with Gasteiger partial charge in [-0.3, -0.25) is 4.79 Å². The van der Waals surface area contributed by atoms with E-state index in [1.54, 1.807) is 36.4 Å². The van der Waals surface area contributed by atoms with Crippen LogP contribution in [0.25, 0.3) is 0 Å². The van der Waals surface area contributed by atoms with Crippen molar-refractivity contribution in [2.75, 3.05) is 0 Å². The number of benzene rings is 3. The van der Waals surface area contributed by atoms with Gasteiger partial charge in [0, 0.05) is 13.0 Å². The number of amides is 1. The lowest BCUT2D eigenvalue weighted by atomic mass is 10.1. The molecular weight excluding hydrogens is 415 g/mol. The van der Waals surface area contributed by atoms with Crippen molar-refractivity contribution in [2.45, 2.75) is 37.2 Å². The smallest absolute Gasteiger partial charge is 0.240 e. The van der Waals surface area contributed by atoms with Gasteiger partial charge >= 0.3 is 0 Å². The van der Waals surface area contributed by atoms with Gasteiger partial charge in [-0.1, -0.05) is 54.6 Å². The number of nitrogens with one attached hydrogen (secondary N) is 2. The fraction of sp³-hybridized carbons (Fsp3) is 0.208. The number of aryl methyl sites for hydroxylation is 1. The standard InChI is InChI=1S/C24H25FN2O3S/c1-18(21-10-12-22(25)13-11-21)27-24(28)16-9-19-7-14-23(15-8-19)31(29,30)26-17-20-5-3-2-4-6-20/h2-8,10-15,18,26H,9,16-17H2,1H3,(H,27,28)/t18-/m1/s1. The van der Waals surface area contributed by atoms with Gasteiger partial charge in [0.2, 0.25) is 15.9 Å². The molecule has 1 amide bonds. The molecule has 0 aliphatic rings. The van der Waals surface area contributed by atoms with Crippen LogP contribution in [0, 0.1) is 5.82 Å². The molecule has 0 saturated carbocycles. The summed E-state index contributed by atoms with van der Waals surface area (Å²) >= 11 is 0. The summed E-state index contributed by atoms with van der Waals surface area (Å²) < 4.78 is 40.5. The molecule has 0 heterocycles. The summed E-state index contributed by atoms with van der Waals surface area (Å²) in [5.74, 6) is -0.443. The van der Waals surface area contributed by atoms with Crippen LogP contribution in [0.15, 0.2) is 83.8 Å². The first kappa shape index (κ1) is 22.7. The Labute approximate surface area is 182 Å². The molecule has 7 heteroatoms. The Bertz CT molecular complexity index is 1100. The summed E-state index contributed by atoms with van der Waals surface area (Å²) in [6.45, 7) is 2.06. The molecule has 1 atom stereocenters.